The maximum absolute atomic E-state index is 12.6. The topological polar surface area (TPSA) is 54.5 Å². The van der Waals surface area contributed by atoms with Crippen molar-refractivity contribution < 1.29 is 22.7 Å². The number of carbonyl (C=O) groups excluding carboxylic acids is 1. The SMILES string of the molecule is O=C(Nc1ccc(C(F)(F)F)cc1)N1CCC(Oc2ncccc2Br)C1. The Kier molecular flexibility index (Phi) is 5.36. The highest BCUT2D eigenvalue weighted by Gasteiger charge is 2.31. The Morgan fingerprint density at radius 1 is 1.27 bits per heavy atom. The Morgan fingerprint density at radius 2 is 2.00 bits per heavy atom. The Labute approximate surface area is 156 Å². The van der Waals surface area contributed by atoms with Gasteiger partial charge in [0.05, 0.1) is 16.6 Å². The van der Waals surface area contributed by atoms with Crippen molar-refractivity contribution in [1.29, 1.82) is 0 Å². The van der Waals surface area contributed by atoms with E-state index in [1.54, 1.807) is 17.2 Å². The van der Waals surface area contributed by atoms with Crippen molar-refractivity contribution in [1.82, 2.24) is 9.88 Å². The van der Waals surface area contributed by atoms with Crippen molar-refractivity contribution in [3.8, 4) is 5.88 Å². The monoisotopic (exact) mass is 429 g/mol. The summed E-state index contributed by atoms with van der Waals surface area (Å²) in [5, 5.41) is 2.60. The van der Waals surface area contributed by atoms with Gasteiger partial charge in [0, 0.05) is 24.8 Å². The fourth-order valence-electron chi connectivity index (χ4n) is 2.57. The first kappa shape index (κ1) is 18.5. The number of nitrogens with one attached hydrogen (secondary N) is 1. The summed E-state index contributed by atoms with van der Waals surface area (Å²) >= 11 is 3.35. The van der Waals surface area contributed by atoms with E-state index >= 15 is 0 Å². The average Bonchev–Trinajstić information content (AvgIpc) is 3.05. The van der Waals surface area contributed by atoms with E-state index in [1.165, 1.54) is 12.1 Å². The number of likely N-dealkylation sites (tertiary alicyclic amines) is 1. The molecule has 1 aliphatic rings. The first-order valence-electron chi connectivity index (χ1n) is 7.83. The van der Waals surface area contributed by atoms with Crippen LogP contribution in [0.25, 0.3) is 0 Å². The summed E-state index contributed by atoms with van der Waals surface area (Å²) in [5.41, 5.74) is -0.453. The number of ether oxygens (including phenoxy) is 1. The molecule has 0 saturated carbocycles. The predicted molar refractivity (Wildman–Crippen MR) is 93.0 cm³/mol. The van der Waals surface area contributed by atoms with Crippen LogP contribution in [-0.2, 0) is 6.18 Å². The van der Waals surface area contributed by atoms with Gasteiger partial charge in [-0.1, -0.05) is 0 Å². The van der Waals surface area contributed by atoms with E-state index in [-0.39, 0.29) is 12.1 Å². The van der Waals surface area contributed by atoms with Crippen LogP contribution in [0.15, 0.2) is 47.1 Å². The number of carbonyl (C=O) groups is 1. The van der Waals surface area contributed by atoms with Crippen LogP contribution in [0.2, 0.25) is 0 Å². The molecule has 2 aromatic rings. The lowest BCUT2D eigenvalue weighted by atomic mass is 10.2. The van der Waals surface area contributed by atoms with Crippen LogP contribution in [0.4, 0.5) is 23.7 Å². The highest BCUT2D eigenvalue weighted by molar-refractivity contribution is 9.10. The number of aromatic nitrogens is 1. The zero-order valence-corrected chi connectivity index (χ0v) is 15.0. The minimum atomic E-state index is -4.40. The van der Waals surface area contributed by atoms with Gasteiger partial charge in [-0.15, -0.1) is 0 Å². The van der Waals surface area contributed by atoms with Gasteiger partial charge < -0.3 is 15.0 Å². The number of hydrogen-bond acceptors (Lipinski definition) is 3. The fourth-order valence-corrected chi connectivity index (χ4v) is 2.92. The van der Waals surface area contributed by atoms with E-state index in [2.05, 4.69) is 26.2 Å². The van der Waals surface area contributed by atoms with E-state index in [0.29, 0.717) is 31.1 Å². The second kappa shape index (κ2) is 7.53. The molecule has 1 saturated heterocycles. The van der Waals surface area contributed by atoms with Crippen LogP contribution >= 0.6 is 15.9 Å². The summed E-state index contributed by atoms with van der Waals surface area (Å²) in [5.74, 6) is 0.461. The van der Waals surface area contributed by atoms with Gasteiger partial charge in [0.25, 0.3) is 0 Å². The molecule has 0 bridgehead atoms. The third kappa shape index (κ3) is 4.46. The predicted octanol–water partition coefficient (Wildman–Crippen LogP) is 4.55. The van der Waals surface area contributed by atoms with Crippen molar-refractivity contribution in [3.63, 3.8) is 0 Å². The van der Waals surface area contributed by atoms with Crippen LogP contribution in [0.1, 0.15) is 12.0 Å². The quantitative estimate of drug-likeness (QED) is 0.778. The van der Waals surface area contributed by atoms with Crippen molar-refractivity contribution in [2.45, 2.75) is 18.7 Å². The van der Waals surface area contributed by atoms with Crippen LogP contribution < -0.4 is 10.1 Å². The average molecular weight is 430 g/mol. The summed E-state index contributed by atoms with van der Waals surface area (Å²) in [6.45, 7) is 0.858. The van der Waals surface area contributed by atoms with Crippen LogP contribution in [0.3, 0.4) is 0 Å². The summed E-state index contributed by atoms with van der Waals surface area (Å²) < 4.78 is 44.2. The van der Waals surface area contributed by atoms with Crippen molar-refractivity contribution >= 4 is 27.6 Å². The van der Waals surface area contributed by atoms with Gasteiger partial charge in [-0.2, -0.15) is 13.2 Å². The molecule has 138 valence electrons. The molecule has 0 spiro atoms. The molecule has 1 aliphatic heterocycles. The first-order chi connectivity index (χ1) is 12.3. The standard InChI is InChI=1S/C17H15BrF3N3O2/c18-14-2-1-8-22-15(14)26-13-7-9-24(10-13)16(25)23-12-5-3-11(4-6-12)17(19,20)21/h1-6,8,13H,7,9-10H2,(H,23,25). The molecular formula is C17H15BrF3N3O2. The summed E-state index contributed by atoms with van der Waals surface area (Å²) in [7, 11) is 0. The number of alkyl halides is 3. The highest BCUT2D eigenvalue weighted by atomic mass is 79.9. The molecule has 1 fully saturated rings. The smallest absolute Gasteiger partial charge is 0.416 e. The molecule has 2 heterocycles. The second-order valence-electron chi connectivity index (χ2n) is 5.77. The zero-order valence-electron chi connectivity index (χ0n) is 13.5. The number of pyridine rings is 1. The van der Waals surface area contributed by atoms with Gasteiger partial charge in [-0.05, 0) is 52.3 Å². The molecule has 1 N–H and O–H groups in total. The molecule has 1 unspecified atom stereocenters. The molecule has 0 radical (unpaired) electrons. The van der Waals surface area contributed by atoms with E-state index in [4.69, 9.17) is 4.74 Å². The number of amides is 2. The minimum Gasteiger partial charge on any atom is -0.472 e. The molecule has 9 heteroatoms. The van der Waals surface area contributed by atoms with E-state index in [0.717, 1.165) is 16.6 Å². The van der Waals surface area contributed by atoms with E-state index in [9.17, 15) is 18.0 Å². The first-order valence-corrected chi connectivity index (χ1v) is 8.62. The number of anilines is 1. The Bertz CT molecular complexity index is 784. The van der Waals surface area contributed by atoms with Gasteiger partial charge in [-0.3, -0.25) is 0 Å². The summed E-state index contributed by atoms with van der Waals surface area (Å²) in [6.07, 6.45) is -2.34. The number of benzene rings is 1. The van der Waals surface area contributed by atoms with Gasteiger partial charge in [0.1, 0.15) is 6.10 Å². The molecule has 26 heavy (non-hydrogen) atoms. The third-order valence-electron chi connectivity index (χ3n) is 3.90. The Hall–Kier alpha value is -2.29. The number of urea groups is 1. The van der Waals surface area contributed by atoms with Crippen molar-refractivity contribution in [2.24, 2.45) is 0 Å². The molecule has 5 nitrogen and oxygen atoms in total. The normalized spacial score (nSPS) is 17.2. The number of hydrogen-bond donors (Lipinski definition) is 1. The Balaban J connectivity index is 1.55. The maximum atomic E-state index is 12.6. The van der Waals surface area contributed by atoms with E-state index in [1.807, 2.05) is 6.07 Å². The maximum Gasteiger partial charge on any atom is 0.416 e. The fraction of sp³-hybridized carbons (Fsp3) is 0.294. The minimum absolute atomic E-state index is 0.195. The molecule has 1 aromatic heterocycles. The summed E-state index contributed by atoms with van der Waals surface area (Å²) in [4.78, 5) is 18.0. The molecule has 2 amide bonds. The molecule has 1 atom stereocenters. The van der Waals surface area contributed by atoms with Crippen LogP contribution in [0, 0.1) is 0 Å². The van der Waals surface area contributed by atoms with E-state index < -0.39 is 11.7 Å². The lowest BCUT2D eigenvalue weighted by Crippen LogP contribution is -2.34. The van der Waals surface area contributed by atoms with Crippen LogP contribution in [0.5, 0.6) is 5.88 Å². The molecular weight excluding hydrogens is 415 g/mol. The largest absolute Gasteiger partial charge is 0.472 e. The zero-order chi connectivity index (χ0) is 18.7. The van der Waals surface area contributed by atoms with Crippen molar-refractivity contribution in [3.05, 3.63) is 52.6 Å². The lowest BCUT2D eigenvalue weighted by Gasteiger charge is -2.18. The molecule has 1 aromatic carbocycles. The molecule has 0 aliphatic carbocycles. The highest BCUT2D eigenvalue weighted by Crippen LogP contribution is 2.30. The third-order valence-corrected chi connectivity index (χ3v) is 4.50. The second-order valence-corrected chi connectivity index (χ2v) is 6.62. The number of nitrogens with zero attached hydrogens (tertiary/aromatic N) is 2. The van der Waals surface area contributed by atoms with Gasteiger partial charge in [0.15, 0.2) is 0 Å². The van der Waals surface area contributed by atoms with Crippen LogP contribution in [-0.4, -0.2) is 35.1 Å². The number of halogens is 4. The molecule has 3 rings (SSSR count). The van der Waals surface area contributed by atoms with Gasteiger partial charge in [-0.25, -0.2) is 9.78 Å². The van der Waals surface area contributed by atoms with Gasteiger partial charge >= 0.3 is 12.2 Å². The van der Waals surface area contributed by atoms with Gasteiger partial charge in [0.2, 0.25) is 5.88 Å². The number of rotatable bonds is 3. The summed E-state index contributed by atoms with van der Waals surface area (Å²) in [6, 6.07) is 7.54. The van der Waals surface area contributed by atoms with Crippen molar-refractivity contribution in [2.75, 3.05) is 18.4 Å². The lowest BCUT2D eigenvalue weighted by molar-refractivity contribution is -0.137. The Morgan fingerprint density at radius 3 is 2.65 bits per heavy atom.